The molecule has 49 heavy (non-hydrogen) atoms. The highest BCUT2D eigenvalue weighted by Gasteiger charge is 2.48. The van der Waals surface area contributed by atoms with Gasteiger partial charge in [-0.2, -0.15) is 0 Å². The van der Waals surface area contributed by atoms with Crippen LogP contribution in [-0.2, 0) is 9.68 Å². The van der Waals surface area contributed by atoms with Crippen molar-refractivity contribution in [2.24, 2.45) is 11.8 Å². The predicted molar refractivity (Wildman–Crippen MR) is 189 cm³/mol. The van der Waals surface area contributed by atoms with Crippen LogP contribution in [0.5, 0.6) is 0 Å². The van der Waals surface area contributed by atoms with Crippen molar-refractivity contribution in [2.45, 2.75) is 82.2 Å². The Hall–Kier alpha value is -4.66. The summed E-state index contributed by atoms with van der Waals surface area (Å²) in [4.78, 5) is 42.3. The van der Waals surface area contributed by atoms with E-state index in [9.17, 15) is 9.59 Å². The second kappa shape index (κ2) is 14.1. The molecule has 252 valence electrons. The van der Waals surface area contributed by atoms with Crippen molar-refractivity contribution in [1.29, 1.82) is 0 Å². The number of para-hydroxylation sites is 2. The van der Waals surface area contributed by atoms with E-state index < -0.39 is 0 Å². The van der Waals surface area contributed by atoms with Crippen molar-refractivity contribution in [2.75, 3.05) is 9.80 Å². The second-order valence-electron chi connectivity index (χ2n) is 14.0. The van der Waals surface area contributed by atoms with Crippen LogP contribution in [0.25, 0.3) is 0 Å². The number of hydrogen-bond donors (Lipinski definition) is 0. The summed E-state index contributed by atoms with van der Waals surface area (Å²) in [5.41, 5.74) is 3.81. The van der Waals surface area contributed by atoms with Crippen LogP contribution in [0.4, 0.5) is 21.0 Å². The van der Waals surface area contributed by atoms with E-state index in [1.54, 1.807) is 9.80 Å². The standard InChI is InChI=1S/C41H44N4O4/c46-40-42(34-17-9-3-10-18-34)38(32-13-5-1-6-14-32)44(48-40)36-25-21-30(22-26-36)29-31-23-27-37(28-24-31)45-39(33-15-7-2-8-16-33)43(41(47)49-45)35-19-11-4-12-20-35/h1-20,30-31,36-39H,21-29H2. The van der Waals surface area contributed by atoms with Crippen molar-refractivity contribution in [3.63, 3.8) is 0 Å². The maximum absolute atomic E-state index is 13.3. The first-order valence-electron chi connectivity index (χ1n) is 17.9. The Morgan fingerprint density at radius 1 is 0.449 bits per heavy atom. The van der Waals surface area contributed by atoms with Gasteiger partial charge in [0.25, 0.3) is 0 Å². The molecule has 2 aliphatic carbocycles. The molecular formula is C41H44N4O4. The average Bonchev–Trinajstić information content (AvgIpc) is 3.70. The molecule has 8 heteroatoms. The number of carbonyl (C=O) groups excluding carboxylic acids is 2. The zero-order chi connectivity index (χ0) is 33.2. The Morgan fingerprint density at radius 2 is 0.776 bits per heavy atom. The highest BCUT2D eigenvalue weighted by molar-refractivity contribution is 5.90. The molecule has 0 spiro atoms. The fraction of sp³-hybridized carbons (Fsp3) is 0.366. The minimum Gasteiger partial charge on any atom is -0.348 e. The topological polar surface area (TPSA) is 65.6 Å². The molecule has 2 amide bonds. The highest BCUT2D eigenvalue weighted by atomic mass is 16.7. The van der Waals surface area contributed by atoms with E-state index in [1.165, 1.54) is 6.42 Å². The van der Waals surface area contributed by atoms with Crippen molar-refractivity contribution < 1.29 is 19.3 Å². The van der Waals surface area contributed by atoms with Gasteiger partial charge in [-0.25, -0.2) is 9.59 Å². The van der Waals surface area contributed by atoms with Gasteiger partial charge in [-0.15, -0.1) is 10.1 Å². The number of rotatable bonds is 8. The SMILES string of the molecule is O=C1ON(C2CCC(CC3CCC(N4OC(=O)N(c5ccccc5)C4c4ccccc4)CC3)CC2)C(c2ccccc2)N1c1ccccc1. The molecule has 0 N–H and O–H groups in total. The largest absolute Gasteiger partial charge is 0.435 e. The first-order chi connectivity index (χ1) is 24.1. The molecule has 8 nitrogen and oxygen atoms in total. The van der Waals surface area contributed by atoms with Gasteiger partial charge in [0, 0.05) is 23.5 Å². The van der Waals surface area contributed by atoms with Crippen LogP contribution in [-0.4, -0.2) is 34.4 Å². The normalized spacial score (nSPS) is 28.0. The van der Waals surface area contributed by atoms with Crippen molar-refractivity contribution >= 4 is 23.6 Å². The molecule has 0 radical (unpaired) electrons. The molecule has 4 aromatic rings. The van der Waals surface area contributed by atoms with E-state index in [2.05, 4.69) is 24.3 Å². The highest BCUT2D eigenvalue weighted by Crippen LogP contribution is 2.45. The van der Waals surface area contributed by atoms with Gasteiger partial charge in [-0.3, -0.25) is 9.80 Å². The van der Waals surface area contributed by atoms with Crippen LogP contribution in [0.3, 0.4) is 0 Å². The molecule has 0 aromatic heterocycles. The lowest BCUT2D eigenvalue weighted by Gasteiger charge is -2.39. The summed E-state index contributed by atoms with van der Waals surface area (Å²) in [6.45, 7) is 0. The molecule has 4 fully saturated rings. The molecule has 8 rings (SSSR count). The van der Waals surface area contributed by atoms with Gasteiger partial charge < -0.3 is 9.68 Å². The van der Waals surface area contributed by atoms with E-state index in [0.717, 1.165) is 73.9 Å². The van der Waals surface area contributed by atoms with Crippen LogP contribution >= 0.6 is 0 Å². The first-order valence-corrected chi connectivity index (χ1v) is 17.9. The third kappa shape index (κ3) is 6.43. The van der Waals surface area contributed by atoms with E-state index in [0.29, 0.717) is 11.8 Å². The van der Waals surface area contributed by atoms with Crippen LogP contribution in [0.1, 0.15) is 81.2 Å². The van der Waals surface area contributed by atoms with Gasteiger partial charge in [0.15, 0.2) is 12.3 Å². The Morgan fingerprint density at radius 3 is 1.12 bits per heavy atom. The van der Waals surface area contributed by atoms with Gasteiger partial charge in [-0.05, 0) is 105 Å². The molecule has 2 aliphatic heterocycles. The number of benzene rings is 4. The van der Waals surface area contributed by atoms with Crippen LogP contribution in [0, 0.1) is 11.8 Å². The third-order valence-corrected chi connectivity index (χ3v) is 11.0. The number of carbonyl (C=O) groups is 2. The minimum absolute atomic E-state index is 0.183. The van der Waals surface area contributed by atoms with Crippen molar-refractivity contribution in [3.8, 4) is 0 Å². The summed E-state index contributed by atoms with van der Waals surface area (Å²) in [5.74, 6) is 1.35. The van der Waals surface area contributed by atoms with Gasteiger partial charge >= 0.3 is 12.2 Å². The summed E-state index contributed by atoms with van der Waals surface area (Å²) < 4.78 is 0. The molecule has 4 aliphatic rings. The number of hydrogen-bond acceptors (Lipinski definition) is 6. The Balaban J connectivity index is 0.891. The molecule has 0 bridgehead atoms. The lowest BCUT2D eigenvalue weighted by Crippen LogP contribution is -2.41. The Labute approximate surface area is 288 Å². The molecule has 4 aromatic carbocycles. The zero-order valence-electron chi connectivity index (χ0n) is 27.8. The third-order valence-electron chi connectivity index (χ3n) is 11.0. The monoisotopic (exact) mass is 656 g/mol. The fourth-order valence-corrected chi connectivity index (χ4v) is 8.60. The number of anilines is 2. The van der Waals surface area contributed by atoms with E-state index in [1.807, 2.05) is 107 Å². The predicted octanol–water partition coefficient (Wildman–Crippen LogP) is 9.64. The van der Waals surface area contributed by atoms with E-state index in [-0.39, 0.29) is 36.6 Å². The number of nitrogens with zero attached hydrogens (tertiary/aromatic N) is 4. The van der Waals surface area contributed by atoms with Crippen molar-refractivity contribution in [3.05, 3.63) is 132 Å². The van der Waals surface area contributed by atoms with Gasteiger partial charge in [0.05, 0.1) is 0 Å². The molecule has 2 saturated carbocycles. The minimum atomic E-state index is -0.316. The maximum atomic E-state index is 13.3. The van der Waals surface area contributed by atoms with Gasteiger partial charge in [0.1, 0.15) is 0 Å². The molecule has 2 unspecified atom stereocenters. The average molecular weight is 657 g/mol. The van der Waals surface area contributed by atoms with E-state index in [4.69, 9.17) is 9.68 Å². The molecule has 2 atom stereocenters. The summed E-state index contributed by atoms with van der Waals surface area (Å²) in [6.07, 6.45) is 8.62. The van der Waals surface area contributed by atoms with Gasteiger partial charge in [-0.1, -0.05) is 97.1 Å². The lowest BCUT2D eigenvalue weighted by atomic mass is 9.75. The first kappa shape index (κ1) is 31.6. The summed E-state index contributed by atoms with van der Waals surface area (Å²) in [5, 5.41) is 3.95. The van der Waals surface area contributed by atoms with Crippen LogP contribution in [0.15, 0.2) is 121 Å². The summed E-state index contributed by atoms with van der Waals surface area (Å²) in [7, 11) is 0. The number of hydroxylamine groups is 4. The Bertz CT molecular complexity index is 1570. The zero-order valence-corrected chi connectivity index (χ0v) is 27.8. The van der Waals surface area contributed by atoms with Crippen LogP contribution in [0.2, 0.25) is 0 Å². The van der Waals surface area contributed by atoms with Crippen molar-refractivity contribution in [1.82, 2.24) is 10.1 Å². The molecular weight excluding hydrogens is 612 g/mol. The Kier molecular flexibility index (Phi) is 9.07. The van der Waals surface area contributed by atoms with Gasteiger partial charge in [0.2, 0.25) is 0 Å². The smallest absolute Gasteiger partial charge is 0.348 e. The maximum Gasteiger partial charge on any atom is 0.435 e. The fourth-order valence-electron chi connectivity index (χ4n) is 8.60. The van der Waals surface area contributed by atoms with Crippen LogP contribution < -0.4 is 9.80 Å². The number of amides is 2. The molecule has 2 heterocycles. The second-order valence-corrected chi connectivity index (χ2v) is 14.0. The summed E-state index contributed by atoms with van der Waals surface area (Å²) >= 11 is 0. The summed E-state index contributed by atoms with van der Waals surface area (Å²) in [6, 6.07) is 40.5. The van der Waals surface area contributed by atoms with E-state index >= 15 is 0 Å². The lowest BCUT2D eigenvalue weighted by molar-refractivity contribution is -0.138. The molecule has 2 saturated heterocycles. The quantitative estimate of drug-likeness (QED) is 0.188.